The van der Waals surface area contributed by atoms with Gasteiger partial charge in [0.15, 0.2) is 0 Å². The first-order valence-corrected chi connectivity index (χ1v) is 34.9. The third-order valence-electron chi connectivity index (χ3n) is 21.0. The van der Waals surface area contributed by atoms with E-state index in [0.29, 0.717) is 34.8 Å². The number of H-pyrrole nitrogens is 2. The molecule has 2 amide bonds. The molecule has 8 aromatic carbocycles. The lowest BCUT2D eigenvalue weighted by atomic mass is 9.79. The summed E-state index contributed by atoms with van der Waals surface area (Å²) in [6.07, 6.45) is 17.9. The Bertz CT molecular complexity index is 4970. The average molecular weight is 1230 g/mol. The largest absolute Gasteiger partial charge is 0.355 e. The van der Waals surface area contributed by atoms with E-state index in [9.17, 15) is 0 Å². The summed E-state index contributed by atoms with van der Waals surface area (Å²) >= 11 is 0. The van der Waals surface area contributed by atoms with Crippen LogP contribution in [0.5, 0.6) is 0 Å². The van der Waals surface area contributed by atoms with E-state index in [2.05, 4.69) is 236 Å². The topological polar surface area (TPSA) is 94.7 Å². The van der Waals surface area contributed by atoms with Crippen molar-refractivity contribution >= 4 is 129 Å². The summed E-state index contributed by atoms with van der Waals surface area (Å²) < 4.78 is 0. The van der Waals surface area contributed by atoms with Crippen molar-refractivity contribution in [1.29, 1.82) is 0 Å². The highest BCUT2D eigenvalue weighted by Crippen LogP contribution is 2.51. The predicted molar refractivity (Wildman–Crippen MR) is 398 cm³/mol. The minimum Gasteiger partial charge on any atom is -0.355 e. The van der Waals surface area contributed by atoms with E-state index in [-0.39, 0.29) is 34.5 Å². The molecular weight excluding hydrogens is 1130 g/mol. The number of carbonyl (C=O) groups is 2. The summed E-state index contributed by atoms with van der Waals surface area (Å²) in [5.74, 6) is 1.79. The Morgan fingerprint density at radius 2 is 0.882 bits per heavy atom. The van der Waals surface area contributed by atoms with Crippen LogP contribution in [0, 0.1) is 23.7 Å². The number of imide groups is 1. The van der Waals surface area contributed by atoms with Gasteiger partial charge in [-0.3, -0.25) is 9.59 Å². The van der Waals surface area contributed by atoms with E-state index in [1.807, 2.05) is 12.1 Å². The van der Waals surface area contributed by atoms with Crippen LogP contribution in [0.3, 0.4) is 0 Å². The van der Waals surface area contributed by atoms with Crippen LogP contribution in [0.4, 0.5) is 5.69 Å². The lowest BCUT2D eigenvalue weighted by Gasteiger charge is -2.32. The number of carbonyl (C=O) groups excluding carboxylic acids is 2. The van der Waals surface area contributed by atoms with Crippen molar-refractivity contribution in [3.05, 3.63) is 170 Å². The van der Waals surface area contributed by atoms with Crippen LogP contribution >= 0.6 is 0 Å². The van der Waals surface area contributed by atoms with Gasteiger partial charge in [-0.1, -0.05) is 222 Å². The number of benzene rings is 8. The van der Waals surface area contributed by atoms with Crippen LogP contribution in [-0.4, -0.2) is 31.8 Å². The molecule has 2 unspecified atom stereocenters. The smallest absolute Gasteiger partial charge is 0.266 e. The summed E-state index contributed by atoms with van der Waals surface area (Å²) in [7, 11) is 0. The molecule has 3 aliphatic rings. The first-order chi connectivity index (χ1) is 44.3. The Hall–Kier alpha value is -8.42. The highest BCUT2D eigenvalue weighted by atomic mass is 16.2. The molecule has 2 atom stereocenters. The second kappa shape index (κ2) is 23.2. The average Bonchev–Trinajstić information content (AvgIpc) is 1.43. The van der Waals surface area contributed by atoms with Crippen LogP contribution in [0.1, 0.15) is 238 Å². The number of hydrogen-bond donors (Lipinski definition) is 2. The van der Waals surface area contributed by atoms with Crippen molar-refractivity contribution in [3.63, 3.8) is 0 Å². The van der Waals surface area contributed by atoms with Crippen molar-refractivity contribution in [2.45, 2.75) is 185 Å². The number of nitrogens with one attached hydrogen (secondary N) is 2. The molecule has 14 rings (SSSR count). The van der Waals surface area contributed by atoms with Gasteiger partial charge in [-0.05, 0) is 190 Å². The van der Waals surface area contributed by atoms with Gasteiger partial charge in [0.2, 0.25) is 0 Å². The van der Waals surface area contributed by atoms with Crippen LogP contribution in [0.25, 0.3) is 122 Å². The lowest BCUT2D eigenvalue weighted by molar-refractivity contribution is 0.0892. The van der Waals surface area contributed by atoms with Crippen molar-refractivity contribution in [2.24, 2.45) is 23.7 Å². The fraction of sp³-hybridized carbons (Fsp3) is 0.372. The first-order valence-electron chi connectivity index (χ1n) is 34.9. The summed E-state index contributed by atoms with van der Waals surface area (Å²) in [5.41, 5.74) is 19.1. The summed E-state index contributed by atoms with van der Waals surface area (Å²) in [4.78, 5) is 52.1. The van der Waals surface area contributed by atoms with E-state index >= 15 is 9.59 Å². The molecule has 0 fully saturated rings. The second-order valence-electron chi connectivity index (χ2n) is 31.6. The van der Waals surface area contributed by atoms with Crippen molar-refractivity contribution in [1.82, 2.24) is 19.9 Å². The molecule has 6 heterocycles. The third kappa shape index (κ3) is 10.6. The Morgan fingerprint density at radius 1 is 0.430 bits per heavy atom. The highest BCUT2D eigenvalue weighted by molar-refractivity contribution is 6.45. The third-order valence-corrected chi connectivity index (χ3v) is 21.0. The monoisotopic (exact) mass is 1230 g/mol. The molecule has 93 heavy (non-hydrogen) atoms. The number of rotatable bonds is 16. The van der Waals surface area contributed by atoms with Crippen LogP contribution in [-0.2, 0) is 23.7 Å². The lowest BCUT2D eigenvalue weighted by Crippen LogP contribution is -2.41. The maximum absolute atomic E-state index is 15.3. The van der Waals surface area contributed by atoms with E-state index in [4.69, 9.17) is 9.97 Å². The zero-order valence-corrected chi connectivity index (χ0v) is 57.9. The van der Waals surface area contributed by atoms with E-state index in [0.717, 1.165) is 141 Å². The highest BCUT2D eigenvalue weighted by Gasteiger charge is 2.38. The molecule has 0 aliphatic carbocycles. The van der Waals surface area contributed by atoms with E-state index < -0.39 is 0 Å². The minimum absolute atomic E-state index is 0.0855. The molecule has 11 aromatic rings. The number of fused-ring (bicyclic) bond motifs is 12. The molecule has 7 heteroatoms. The standard InChI is InChI=1S/C86H93N5O2/c1-46(2)20-17-22-50(9)40-66-68-34-37-71(87-68)75(52-42-53(85(11,12)13)44-54(43-52)86(14,15)16)72-38-35-70(88-72)67(41-51(10)23-18-21-47(3)4)74-45-65-61-27-26-57-59-29-32-63-79-64(84(93)91(83(63)92)82-55(48(5)6)24-19-25-56(82)49(7)8)33-30-60(77(59)79)58-28-31-62(78(61)76(57)58)80(81(65)90-74)73-39-36-69(66)89-73/h19,24-39,42-51,87,90H,17-18,20-23,40-41H2,1-16H3. The first kappa shape index (κ1) is 62.1. The predicted octanol–water partition coefficient (Wildman–Crippen LogP) is 23.8. The minimum atomic E-state index is -0.272. The van der Waals surface area contributed by atoms with Gasteiger partial charge < -0.3 is 9.97 Å². The number of aromatic amines is 2. The summed E-state index contributed by atoms with van der Waals surface area (Å²) in [6.45, 7) is 36.7. The molecule has 3 aliphatic heterocycles. The molecule has 0 spiro atoms. The van der Waals surface area contributed by atoms with Crippen molar-refractivity contribution in [3.8, 4) is 11.1 Å². The Kier molecular flexibility index (Phi) is 15.5. The maximum atomic E-state index is 15.3. The Balaban J connectivity index is 1.07. The zero-order valence-electron chi connectivity index (χ0n) is 57.9. The van der Waals surface area contributed by atoms with Gasteiger partial charge in [-0.15, -0.1) is 0 Å². The quantitative estimate of drug-likeness (QED) is 0.0572. The second-order valence-corrected chi connectivity index (χ2v) is 31.6. The molecule has 3 aromatic heterocycles. The fourth-order valence-corrected chi connectivity index (χ4v) is 15.9. The number of anilines is 1. The van der Waals surface area contributed by atoms with Gasteiger partial charge in [0.05, 0.1) is 34.0 Å². The van der Waals surface area contributed by atoms with Crippen molar-refractivity contribution < 1.29 is 9.59 Å². The fourth-order valence-electron chi connectivity index (χ4n) is 15.9. The number of aromatic nitrogens is 4. The molecule has 2 N–H and O–H groups in total. The van der Waals surface area contributed by atoms with Gasteiger partial charge in [-0.2, -0.15) is 0 Å². The molecule has 0 saturated heterocycles. The van der Waals surface area contributed by atoms with Gasteiger partial charge in [0.25, 0.3) is 11.8 Å². The Labute approximate surface area is 549 Å². The van der Waals surface area contributed by atoms with Gasteiger partial charge in [-0.25, -0.2) is 14.9 Å². The van der Waals surface area contributed by atoms with E-state index in [1.54, 1.807) is 0 Å². The number of hydrogen-bond acceptors (Lipinski definition) is 4. The molecule has 7 nitrogen and oxygen atoms in total. The number of amides is 2. The van der Waals surface area contributed by atoms with E-state index in [1.165, 1.54) is 74.6 Å². The van der Waals surface area contributed by atoms with Crippen molar-refractivity contribution in [2.75, 3.05) is 4.90 Å². The Morgan fingerprint density at radius 3 is 1.41 bits per heavy atom. The van der Waals surface area contributed by atoms with Gasteiger partial charge >= 0.3 is 0 Å². The SMILES string of the molecule is CC(C)CCCC(C)Cc1c2nc(c3c4ccc5c6ccc7c8c(ccc(c9ccc(c%10cc([nH]c%103)c(CC(C)CCCC(C)C)c3nc(c(-c%10cc(C(C)(C)C)cc(C(C)(C)C)c%10)c%10ccc1[nH]%10)C=C3)c4c95)c86)C(=O)N(c1c(C(C)C)cccc1C(C)C)C7=O)C=C2. The van der Waals surface area contributed by atoms with Crippen LogP contribution in [0.15, 0.2) is 103 Å². The van der Waals surface area contributed by atoms with Gasteiger partial charge in [0.1, 0.15) is 0 Å². The molecule has 8 bridgehead atoms. The van der Waals surface area contributed by atoms with Crippen LogP contribution in [0.2, 0.25) is 0 Å². The summed E-state index contributed by atoms with van der Waals surface area (Å²) in [6, 6.07) is 38.1. The van der Waals surface area contributed by atoms with Gasteiger partial charge in [0, 0.05) is 60.5 Å². The maximum Gasteiger partial charge on any atom is 0.266 e. The molecule has 0 radical (unpaired) electrons. The normalized spacial score (nSPS) is 14.6. The molecule has 0 saturated carbocycles. The summed E-state index contributed by atoms with van der Waals surface area (Å²) in [5, 5.41) is 12.9. The molecular formula is C86H93N5O2. The number of nitrogens with zero attached hydrogens (tertiary/aromatic N) is 3. The van der Waals surface area contributed by atoms with Crippen LogP contribution < -0.4 is 4.90 Å². The number of para-hydroxylation sites is 1. The zero-order chi connectivity index (χ0) is 65.4. The molecule has 474 valence electrons.